The average molecular weight is 367 g/mol. The molecule has 1 aromatic carbocycles. The van der Waals surface area contributed by atoms with Crippen molar-refractivity contribution < 1.29 is 9.53 Å². The number of piperazine rings is 1. The van der Waals surface area contributed by atoms with Gasteiger partial charge in [0.25, 0.3) is 5.91 Å². The zero-order valence-corrected chi connectivity index (χ0v) is 14.6. The first kappa shape index (κ1) is 17.0. The summed E-state index contributed by atoms with van der Waals surface area (Å²) in [5.41, 5.74) is 0. The van der Waals surface area contributed by atoms with Gasteiger partial charge in [0, 0.05) is 37.2 Å². The Kier molecular flexibility index (Phi) is 6.46. The van der Waals surface area contributed by atoms with Crippen molar-refractivity contribution in [1.82, 2.24) is 9.80 Å². The van der Waals surface area contributed by atoms with Crippen molar-refractivity contribution in [3.8, 4) is 5.75 Å². The smallest absolute Gasteiger partial charge is 0.263 e. The third-order valence-corrected chi connectivity index (χ3v) is 4.34. The van der Waals surface area contributed by atoms with Gasteiger partial charge in [0.2, 0.25) is 0 Å². The molecule has 0 N–H and O–H groups in total. The predicted octanol–water partition coefficient (Wildman–Crippen LogP) is 2.94. The molecular weight excluding hydrogens is 344 g/mol. The molecule has 5 heteroatoms. The minimum absolute atomic E-state index is 0.0867. The third-order valence-electron chi connectivity index (χ3n) is 3.81. The fraction of sp³-hybridized carbons (Fsp3) is 0.471. The second-order valence-corrected chi connectivity index (χ2v) is 6.30. The molecular formula is C17H23BrN2O2. The molecule has 0 saturated carbocycles. The topological polar surface area (TPSA) is 32.8 Å². The van der Waals surface area contributed by atoms with Gasteiger partial charge in [-0.2, -0.15) is 0 Å². The largest absolute Gasteiger partial charge is 0.481 e. The van der Waals surface area contributed by atoms with Crippen molar-refractivity contribution in [2.45, 2.75) is 19.4 Å². The Morgan fingerprint density at radius 1 is 1.32 bits per heavy atom. The van der Waals surface area contributed by atoms with Gasteiger partial charge in [-0.15, -0.1) is 6.58 Å². The maximum absolute atomic E-state index is 12.6. The van der Waals surface area contributed by atoms with Crippen LogP contribution in [0.15, 0.2) is 41.4 Å². The zero-order valence-electron chi connectivity index (χ0n) is 13.0. The number of carbonyl (C=O) groups is 1. The molecule has 0 radical (unpaired) electrons. The van der Waals surface area contributed by atoms with E-state index in [1.807, 2.05) is 42.2 Å². The molecule has 0 spiro atoms. The van der Waals surface area contributed by atoms with Gasteiger partial charge in [0.1, 0.15) is 5.75 Å². The summed E-state index contributed by atoms with van der Waals surface area (Å²) in [5, 5.41) is 0. The van der Waals surface area contributed by atoms with E-state index in [4.69, 9.17) is 4.74 Å². The second kappa shape index (κ2) is 8.34. The van der Waals surface area contributed by atoms with E-state index in [9.17, 15) is 4.79 Å². The Labute approximate surface area is 140 Å². The van der Waals surface area contributed by atoms with Crippen LogP contribution in [0.25, 0.3) is 0 Å². The summed E-state index contributed by atoms with van der Waals surface area (Å²) < 4.78 is 6.86. The molecule has 4 nitrogen and oxygen atoms in total. The number of nitrogens with zero attached hydrogens (tertiary/aromatic N) is 2. The molecule has 22 heavy (non-hydrogen) atoms. The van der Waals surface area contributed by atoms with E-state index in [1.54, 1.807) is 0 Å². The van der Waals surface area contributed by atoms with E-state index in [1.165, 1.54) is 0 Å². The lowest BCUT2D eigenvalue weighted by Gasteiger charge is -2.35. The molecule has 1 amide bonds. The van der Waals surface area contributed by atoms with Gasteiger partial charge in [0.05, 0.1) is 0 Å². The molecule has 0 bridgehead atoms. The molecule has 0 aliphatic carbocycles. The van der Waals surface area contributed by atoms with Crippen molar-refractivity contribution in [1.29, 1.82) is 0 Å². The Morgan fingerprint density at radius 2 is 1.95 bits per heavy atom. The number of hydrogen-bond acceptors (Lipinski definition) is 3. The normalized spacial score (nSPS) is 17.1. The summed E-state index contributed by atoms with van der Waals surface area (Å²) in [4.78, 5) is 16.8. The van der Waals surface area contributed by atoms with E-state index in [2.05, 4.69) is 27.4 Å². The molecule has 1 fully saturated rings. The van der Waals surface area contributed by atoms with Crippen LogP contribution in [0.5, 0.6) is 5.75 Å². The van der Waals surface area contributed by atoms with E-state index >= 15 is 0 Å². The van der Waals surface area contributed by atoms with Crippen LogP contribution in [0.2, 0.25) is 0 Å². The Hall–Kier alpha value is -1.33. The number of amides is 1. The zero-order chi connectivity index (χ0) is 15.9. The SMILES string of the molecule is C=CCN1CCN(C(=O)C(CC)Oc2ccc(Br)cc2)CC1. The third kappa shape index (κ3) is 4.58. The summed E-state index contributed by atoms with van der Waals surface area (Å²) in [6, 6.07) is 7.59. The van der Waals surface area contributed by atoms with Gasteiger partial charge >= 0.3 is 0 Å². The number of carbonyl (C=O) groups excluding carboxylic acids is 1. The molecule has 2 rings (SSSR count). The maximum atomic E-state index is 12.6. The fourth-order valence-corrected chi connectivity index (χ4v) is 2.79. The van der Waals surface area contributed by atoms with Gasteiger partial charge in [-0.25, -0.2) is 0 Å². The molecule has 1 aromatic rings. The van der Waals surface area contributed by atoms with Gasteiger partial charge in [0.15, 0.2) is 6.10 Å². The predicted molar refractivity (Wildman–Crippen MR) is 92.1 cm³/mol. The maximum Gasteiger partial charge on any atom is 0.263 e. The summed E-state index contributed by atoms with van der Waals surface area (Å²) in [7, 11) is 0. The standard InChI is InChI=1S/C17H23BrN2O2/c1-3-9-19-10-12-20(13-11-19)17(21)16(4-2)22-15-7-5-14(18)6-8-15/h3,5-8,16H,1,4,9-13H2,2H3. The highest BCUT2D eigenvalue weighted by atomic mass is 79.9. The number of halogens is 1. The minimum Gasteiger partial charge on any atom is -0.481 e. The van der Waals surface area contributed by atoms with Crippen LogP contribution in [0.1, 0.15) is 13.3 Å². The van der Waals surface area contributed by atoms with Crippen molar-refractivity contribution in [3.05, 3.63) is 41.4 Å². The second-order valence-electron chi connectivity index (χ2n) is 5.38. The molecule has 1 aliphatic rings. The summed E-state index contributed by atoms with van der Waals surface area (Å²) in [6.45, 7) is 9.93. The summed E-state index contributed by atoms with van der Waals surface area (Å²) in [6.07, 6.45) is 2.16. The van der Waals surface area contributed by atoms with Gasteiger partial charge in [-0.05, 0) is 30.7 Å². The highest BCUT2D eigenvalue weighted by Gasteiger charge is 2.27. The number of benzene rings is 1. The van der Waals surface area contributed by atoms with Crippen LogP contribution in [0, 0.1) is 0 Å². The van der Waals surface area contributed by atoms with E-state index < -0.39 is 6.10 Å². The fourth-order valence-electron chi connectivity index (χ4n) is 2.52. The first-order chi connectivity index (χ1) is 10.6. The molecule has 1 saturated heterocycles. The lowest BCUT2D eigenvalue weighted by atomic mass is 10.2. The highest BCUT2D eigenvalue weighted by molar-refractivity contribution is 9.10. The molecule has 1 heterocycles. The van der Waals surface area contributed by atoms with Crippen LogP contribution >= 0.6 is 15.9 Å². The molecule has 1 atom stereocenters. The number of ether oxygens (including phenoxy) is 1. The summed E-state index contributed by atoms with van der Waals surface area (Å²) >= 11 is 3.40. The molecule has 1 unspecified atom stereocenters. The van der Waals surface area contributed by atoms with Gasteiger partial charge in [-0.1, -0.05) is 28.9 Å². The van der Waals surface area contributed by atoms with Crippen molar-refractivity contribution in [2.75, 3.05) is 32.7 Å². The Bertz CT molecular complexity index is 496. The van der Waals surface area contributed by atoms with Crippen LogP contribution in [0.3, 0.4) is 0 Å². The van der Waals surface area contributed by atoms with Crippen molar-refractivity contribution in [2.24, 2.45) is 0 Å². The lowest BCUT2D eigenvalue weighted by molar-refractivity contribution is -0.140. The molecule has 0 aromatic heterocycles. The van der Waals surface area contributed by atoms with E-state index in [0.29, 0.717) is 6.42 Å². The minimum atomic E-state index is -0.410. The number of hydrogen-bond donors (Lipinski definition) is 0. The van der Waals surface area contributed by atoms with Crippen molar-refractivity contribution in [3.63, 3.8) is 0 Å². The first-order valence-electron chi connectivity index (χ1n) is 7.68. The quantitative estimate of drug-likeness (QED) is 0.725. The Morgan fingerprint density at radius 3 is 2.50 bits per heavy atom. The van der Waals surface area contributed by atoms with Crippen LogP contribution in [0.4, 0.5) is 0 Å². The van der Waals surface area contributed by atoms with Crippen molar-refractivity contribution >= 4 is 21.8 Å². The van der Waals surface area contributed by atoms with Gasteiger partial charge in [-0.3, -0.25) is 9.69 Å². The highest BCUT2D eigenvalue weighted by Crippen LogP contribution is 2.19. The molecule has 1 aliphatic heterocycles. The van der Waals surface area contributed by atoms with E-state index in [0.717, 1.165) is 42.9 Å². The number of rotatable bonds is 6. The summed E-state index contributed by atoms with van der Waals surface area (Å²) in [5.74, 6) is 0.817. The monoisotopic (exact) mass is 366 g/mol. The van der Waals surface area contributed by atoms with E-state index in [-0.39, 0.29) is 5.91 Å². The van der Waals surface area contributed by atoms with Gasteiger partial charge < -0.3 is 9.64 Å². The Balaban J connectivity index is 1.91. The molecule has 120 valence electrons. The van der Waals surface area contributed by atoms with Crippen LogP contribution < -0.4 is 4.74 Å². The van der Waals surface area contributed by atoms with Crippen LogP contribution in [-0.2, 0) is 4.79 Å². The van der Waals surface area contributed by atoms with Crippen LogP contribution in [-0.4, -0.2) is 54.5 Å². The lowest BCUT2D eigenvalue weighted by Crippen LogP contribution is -2.52. The first-order valence-corrected chi connectivity index (χ1v) is 8.47. The average Bonchev–Trinajstić information content (AvgIpc) is 2.55.